The van der Waals surface area contributed by atoms with Crippen LogP contribution < -0.4 is 10.5 Å². The van der Waals surface area contributed by atoms with Crippen molar-refractivity contribution in [2.75, 3.05) is 25.9 Å². The SMILES string of the molecule is C#CCN(CCC)C(=O)c1cc(N)cc(OC)c1. The van der Waals surface area contributed by atoms with E-state index in [1.165, 1.54) is 7.11 Å². The first kappa shape index (κ1) is 13.9. The molecule has 0 saturated heterocycles. The molecule has 0 aliphatic rings. The number of terminal acetylenes is 1. The summed E-state index contributed by atoms with van der Waals surface area (Å²) in [6.07, 6.45) is 6.12. The minimum absolute atomic E-state index is 0.125. The Balaban J connectivity index is 3.00. The summed E-state index contributed by atoms with van der Waals surface area (Å²) in [4.78, 5) is 13.9. The van der Waals surface area contributed by atoms with Gasteiger partial charge in [0.05, 0.1) is 13.7 Å². The highest BCUT2D eigenvalue weighted by atomic mass is 16.5. The molecule has 4 nitrogen and oxygen atoms in total. The highest BCUT2D eigenvalue weighted by Crippen LogP contribution is 2.19. The molecule has 0 spiro atoms. The van der Waals surface area contributed by atoms with E-state index in [1.54, 1.807) is 23.1 Å². The molecular formula is C14H18N2O2. The van der Waals surface area contributed by atoms with Crippen LogP contribution >= 0.6 is 0 Å². The van der Waals surface area contributed by atoms with Gasteiger partial charge in [0.2, 0.25) is 0 Å². The molecule has 96 valence electrons. The van der Waals surface area contributed by atoms with Crippen LogP contribution in [-0.4, -0.2) is 31.0 Å². The zero-order chi connectivity index (χ0) is 13.5. The van der Waals surface area contributed by atoms with Gasteiger partial charge in [-0.05, 0) is 18.6 Å². The maximum absolute atomic E-state index is 12.3. The number of nitrogens with two attached hydrogens (primary N) is 1. The van der Waals surface area contributed by atoms with Crippen molar-refractivity contribution in [2.24, 2.45) is 0 Å². The molecule has 1 aromatic rings. The standard InChI is InChI=1S/C14H18N2O2/c1-4-6-16(7-5-2)14(17)11-8-12(15)10-13(9-11)18-3/h1,8-10H,5-7,15H2,2-3H3. The van der Waals surface area contributed by atoms with Gasteiger partial charge < -0.3 is 15.4 Å². The van der Waals surface area contributed by atoms with Gasteiger partial charge in [0, 0.05) is 23.9 Å². The van der Waals surface area contributed by atoms with Crippen LogP contribution in [0.25, 0.3) is 0 Å². The quantitative estimate of drug-likeness (QED) is 0.636. The second-order valence-electron chi connectivity index (χ2n) is 3.93. The highest BCUT2D eigenvalue weighted by Gasteiger charge is 2.15. The molecule has 0 radical (unpaired) electrons. The molecule has 0 fully saturated rings. The Hall–Kier alpha value is -2.15. The predicted octanol–water partition coefficient (Wildman–Crippen LogP) is 1.76. The average Bonchev–Trinajstić information content (AvgIpc) is 2.36. The molecule has 0 aromatic heterocycles. The van der Waals surface area contributed by atoms with E-state index >= 15 is 0 Å². The zero-order valence-corrected chi connectivity index (χ0v) is 10.8. The van der Waals surface area contributed by atoms with Crippen LogP contribution in [0.3, 0.4) is 0 Å². The lowest BCUT2D eigenvalue weighted by atomic mass is 10.1. The first-order valence-electron chi connectivity index (χ1n) is 5.79. The maximum atomic E-state index is 12.3. The molecule has 1 amide bonds. The normalized spacial score (nSPS) is 9.61. The number of rotatable bonds is 5. The van der Waals surface area contributed by atoms with E-state index in [1.807, 2.05) is 6.92 Å². The van der Waals surface area contributed by atoms with Crippen LogP contribution in [0, 0.1) is 12.3 Å². The molecular weight excluding hydrogens is 228 g/mol. The molecule has 0 saturated carbocycles. The van der Waals surface area contributed by atoms with Crippen LogP contribution in [0.5, 0.6) is 5.75 Å². The Bertz CT molecular complexity index is 463. The Labute approximate surface area is 108 Å². The lowest BCUT2D eigenvalue weighted by Gasteiger charge is -2.20. The third-order valence-electron chi connectivity index (χ3n) is 2.47. The number of ether oxygens (including phenoxy) is 1. The fraction of sp³-hybridized carbons (Fsp3) is 0.357. The van der Waals surface area contributed by atoms with Crippen molar-refractivity contribution in [1.29, 1.82) is 0 Å². The summed E-state index contributed by atoms with van der Waals surface area (Å²) in [6, 6.07) is 4.96. The van der Waals surface area contributed by atoms with Gasteiger partial charge in [0.1, 0.15) is 5.75 Å². The Morgan fingerprint density at radius 3 is 2.78 bits per heavy atom. The van der Waals surface area contributed by atoms with Crippen LogP contribution in [0.2, 0.25) is 0 Å². The Morgan fingerprint density at radius 1 is 1.50 bits per heavy atom. The molecule has 0 heterocycles. The maximum Gasteiger partial charge on any atom is 0.254 e. The summed E-state index contributed by atoms with van der Waals surface area (Å²) in [5, 5.41) is 0. The molecule has 0 aliphatic heterocycles. The first-order valence-corrected chi connectivity index (χ1v) is 5.79. The molecule has 1 rings (SSSR count). The number of carbonyl (C=O) groups is 1. The number of amides is 1. The third-order valence-corrected chi connectivity index (χ3v) is 2.47. The van der Waals surface area contributed by atoms with E-state index in [4.69, 9.17) is 16.9 Å². The van der Waals surface area contributed by atoms with Gasteiger partial charge in [0.25, 0.3) is 5.91 Å². The summed E-state index contributed by atoms with van der Waals surface area (Å²) in [7, 11) is 1.54. The average molecular weight is 246 g/mol. The van der Waals surface area contributed by atoms with Crippen LogP contribution in [0.4, 0.5) is 5.69 Å². The van der Waals surface area contributed by atoms with E-state index in [9.17, 15) is 4.79 Å². The number of hydrogen-bond acceptors (Lipinski definition) is 3. The molecule has 1 aromatic carbocycles. The summed E-state index contributed by atoms with van der Waals surface area (Å²) >= 11 is 0. The number of anilines is 1. The van der Waals surface area contributed by atoms with E-state index in [-0.39, 0.29) is 5.91 Å². The summed E-state index contributed by atoms with van der Waals surface area (Å²) < 4.78 is 5.09. The van der Waals surface area contributed by atoms with Gasteiger partial charge in [-0.1, -0.05) is 12.8 Å². The van der Waals surface area contributed by atoms with Crippen LogP contribution in [0.15, 0.2) is 18.2 Å². The molecule has 0 atom stereocenters. The minimum Gasteiger partial charge on any atom is -0.497 e. The fourth-order valence-corrected chi connectivity index (χ4v) is 1.68. The van der Waals surface area contributed by atoms with Crippen molar-refractivity contribution in [3.63, 3.8) is 0 Å². The monoisotopic (exact) mass is 246 g/mol. The minimum atomic E-state index is -0.125. The smallest absolute Gasteiger partial charge is 0.254 e. The van der Waals surface area contributed by atoms with Crippen molar-refractivity contribution in [3.05, 3.63) is 23.8 Å². The van der Waals surface area contributed by atoms with E-state index in [2.05, 4.69) is 5.92 Å². The lowest BCUT2D eigenvalue weighted by molar-refractivity contribution is 0.0776. The third kappa shape index (κ3) is 3.42. The van der Waals surface area contributed by atoms with Gasteiger partial charge >= 0.3 is 0 Å². The van der Waals surface area contributed by atoms with Gasteiger partial charge in [0.15, 0.2) is 0 Å². The van der Waals surface area contributed by atoms with Crippen LogP contribution in [-0.2, 0) is 0 Å². The van der Waals surface area contributed by atoms with E-state index < -0.39 is 0 Å². The van der Waals surface area contributed by atoms with Crippen molar-refractivity contribution in [2.45, 2.75) is 13.3 Å². The summed E-state index contributed by atoms with van der Waals surface area (Å²) in [6.45, 7) is 2.92. The van der Waals surface area contributed by atoms with Crippen molar-refractivity contribution in [3.8, 4) is 18.1 Å². The number of methoxy groups -OCH3 is 1. The molecule has 0 aliphatic carbocycles. The Kier molecular flexibility index (Phi) is 5.06. The van der Waals surface area contributed by atoms with Gasteiger partial charge in [-0.3, -0.25) is 4.79 Å². The number of nitrogens with zero attached hydrogens (tertiary/aromatic N) is 1. The molecule has 0 bridgehead atoms. The fourth-order valence-electron chi connectivity index (χ4n) is 1.68. The second kappa shape index (κ2) is 6.55. The van der Waals surface area contributed by atoms with Gasteiger partial charge in [-0.2, -0.15) is 0 Å². The van der Waals surface area contributed by atoms with E-state index in [0.717, 1.165) is 6.42 Å². The van der Waals surface area contributed by atoms with Crippen molar-refractivity contribution in [1.82, 2.24) is 4.90 Å². The summed E-state index contributed by atoms with van der Waals surface area (Å²) in [5.74, 6) is 2.93. The topological polar surface area (TPSA) is 55.6 Å². The van der Waals surface area contributed by atoms with Gasteiger partial charge in [-0.15, -0.1) is 6.42 Å². The highest BCUT2D eigenvalue weighted by molar-refractivity contribution is 5.95. The van der Waals surface area contributed by atoms with Crippen molar-refractivity contribution >= 4 is 11.6 Å². The molecule has 18 heavy (non-hydrogen) atoms. The number of nitrogen functional groups attached to an aromatic ring is 1. The number of carbonyl (C=O) groups excluding carboxylic acids is 1. The second-order valence-corrected chi connectivity index (χ2v) is 3.93. The molecule has 0 unspecified atom stereocenters. The van der Waals surface area contributed by atoms with Crippen molar-refractivity contribution < 1.29 is 9.53 Å². The Morgan fingerprint density at radius 2 is 2.22 bits per heavy atom. The van der Waals surface area contributed by atoms with Gasteiger partial charge in [-0.25, -0.2) is 0 Å². The molecule has 4 heteroatoms. The zero-order valence-electron chi connectivity index (χ0n) is 10.8. The first-order chi connectivity index (χ1) is 8.62. The van der Waals surface area contributed by atoms with Crippen LogP contribution in [0.1, 0.15) is 23.7 Å². The van der Waals surface area contributed by atoms with E-state index in [0.29, 0.717) is 30.1 Å². The lowest BCUT2D eigenvalue weighted by Crippen LogP contribution is -2.32. The largest absolute Gasteiger partial charge is 0.497 e. The number of hydrogen-bond donors (Lipinski definition) is 1. The summed E-state index contributed by atoms with van der Waals surface area (Å²) in [5.41, 5.74) is 6.72. The number of benzene rings is 1. The predicted molar refractivity (Wildman–Crippen MR) is 72.4 cm³/mol. The molecule has 2 N–H and O–H groups in total.